The van der Waals surface area contributed by atoms with Gasteiger partial charge in [0.15, 0.2) is 0 Å². The zero-order chi connectivity index (χ0) is 10.7. The average molecular weight is 217 g/mol. The third-order valence-corrected chi connectivity index (χ3v) is 3.01. The number of hydrogen-bond acceptors (Lipinski definition) is 4. The van der Waals surface area contributed by atoms with Crippen molar-refractivity contribution in [2.45, 2.75) is 32.4 Å². The Hall–Kier alpha value is -0.550. The highest BCUT2D eigenvalue weighted by molar-refractivity contribution is 8.00. The molecule has 14 heavy (non-hydrogen) atoms. The zero-order valence-electron chi connectivity index (χ0n) is 8.40. The lowest BCUT2D eigenvalue weighted by molar-refractivity contribution is -0.145. The monoisotopic (exact) mass is 217 g/mol. The Labute approximate surface area is 87.7 Å². The SMILES string of the molecule is CC(O)CC(C)N1C(=O)CSCC1=O. The number of amides is 2. The minimum absolute atomic E-state index is 0.139. The Morgan fingerprint density at radius 2 is 1.86 bits per heavy atom. The Morgan fingerprint density at radius 3 is 2.29 bits per heavy atom. The predicted molar refractivity (Wildman–Crippen MR) is 54.9 cm³/mol. The molecule has 0 aliphatic carbocycles. The van der Waals surface area contributed by atoms with Crippen molar-refractivity contribution in [3.8, 4) is 0 Å². The Morgan fingerprint density at radius 1 is 1.36 bits per heavy atom. The van der Waals surface area contributed by atoms with Gasteiger partial charge in [0, 0.05) is 6.04 Å². The summed E-state index contributed by atoms with van der Waals surface area (Å²) in [6.07, 6.45) is -0.0394. The molecule has 2 atom stereocenters. The van der Waals surface area contributed by atoms with Crippen LogP contribution in [0, 0.1) is 0 Å². The molecule has 0 aromatic carbocycles. The van der Waals surface area contributed by atoms with Crippen LogP contribution in [0.3, 0.4) is 0 Å². The summed E-state index contributed by atoms with van der Waals surface area (Å²) in [7, 11) is 0. The lowest BCUT2D eigenvalue weighted by Gasteiger charge is -2.30. The molecule has 1 aliphatic heterocycles. The van der Waals surface area contributed by atoms with Gasteiger partial charge in [0.05, 0.1) is 17.6 Å². The van der Waals surface area contributed by atoms with Gasteiger partial charge in [-0.05, 0) is 20.3 Å². The number of thioether (sulfide) groups is 1. The number of nitrogens with zero attached hydrogens (tertiary/aromatic N) is 1. The molecular formula is C9H15NO3S. The van der Waals surface area contributed by atoms with E-state index >= 15 is 0 Å². The van der Waals surface area contributed by atoms with Crippen molar-refractivity contribution in [3.05, 3.63) is 0 Å². The van der Waals surface area contributed by atoms with Crippen LogP contribution in [0.5, 0.6) is 0 Å². The van der Waals surface area contributed by atoms with Gasteiger partial charge < -0.3 is 5.11 Å². The molecule has 5 heteroatoms. The fourth-order valence-electron chi connectivity index (χ4n) is 1.59. The first kappa shape index (κ1) is 11.5. The topological polar surface area (TPSA) is 57.6 Å². The van der Waals surface area contributed by atoms with E-state index in [2.05, 4.69) is 0 Å². The molecule has 1 aliphatic rings. The van der Waals surface area contributed by atoms with E-state index in [0.717, 1.165) is 0 Å². The Bertz CT molecular complexity index is 226. The summed E-state index contributed by atoms with van der Waals surface area (Å²) in [6.45, 7) is 3.45. The highest BCUT2D eigenvalue weighted by Gasteiger charge is 2.30. The summed E-state index contributed by atoms with van der Waals surface area (Å²) in [6, 6.07) is -0.198. The molecule has 1 N–H and O–H groups in total. The van der Waals surface area contributed by atoms with E-state index in [1.165, 1.54) is 16.7 Å². The number of hydrogen-bond donors (Lipinski definition) is 1. The van der Waals surface area contributed by atoms with Gasteiger partial charge in [-0.3, -0.25) is 14.5 Å². The number of rotatable bonds is 3. The third-order valence-electron chi connectivity index (χ3n) is 2.11. The largest absolute Gasteiger partial charge is 0.393 e. The fraction of sp³-hybridized carbons (Fsp3) is 0.778. The molecule has 0 bridgehead atoms. The summed E-state index contributed by atoms with van der Waals surface area (Å²) in [5.74, 6) is 0.463. The van der Waals surface area contributed by atoms with Crippen molar-refractivity contribution in [1.82, 2.24) is 4.90 Å². The molecule has 0 aromatic rings. The van der Waals surface area contributed by atoms with Crippen molar-refractivity contribution in [1.29, 1.82) is 0 Å². The minimum Gasteiger partial charge on any atom is -0.393 e. The molecule has 2 amide bonds. The Balaban J connectivity index is 2.63. The number of carbonyl (C=O) groups is 2. The minimum atomic E-state index is -0.486. The standard InChI is InChI=1S/C9H15NO3S/c1-6(3-7(2)11)10-8(12)4-14-5-9(10)13/h6-7,11H,3-5H2,1-2H3. The predicted octanol–water partition coefficient (Wildman–Crippen LogP) is 0.248. The normalized spacial score (nSPS) is 22.4. The van der Waals surface area contributed by atoms with Crippen LogP contribution in [-0.4, -0.2) is 45.5 Å². The van der Waals surface area contributed by atoms with Crippen molar-refractivity contribution in [3.63, 3.8) is 0 Å². The van der Waals surface area contributed by atoms with Crippen molar-refractivity contribution in [2.75, 3.05) is 11.5 Å². The highest BCUT2D eigenvalue weighted by atomic mass is 32.2. The molecule has 1 fully saturated rings. The van der Waals surface area contributed by atoms with Crippen molar-refractivity contribution < 1.29 is 14.7 Å². The molecular weight excluding hydrogens is 202 g/mol. The molecule has 2 unspecified atom stereocenters. The Kier molecular flexibility index (Phi) is 3.95. The second-order valence-corrected chi connectivity index (χ2v) is 4.57. The van der Waals surface area contributed by atoms with E-state index in [4.69, 9.17) is 0 Å². The molecule has 0 aromatic heterocycles. The summed E-state index contributed by atoms with van der Waals surface area (Å²) in [4.78, 5) is 24.1. The maximum Gasteiger partial charge on any atom is 0.239 e. The first-order valence-electron chi connectivity index (χ1n) is 4.63. The van der Waals surface area contributed by atoms with E-state index < -0.39 is 6.10 Å². The van der Waals surface area contributed by atoms with Gasteiger partial charge in [-0.1, -0.05) is 0 Å². The van der Waals surface area contributed by atoms with Gasteiger partial charge in [0.1, 0.15) is 0 Å². The second-order valence-electron chi connectivity index (χ2n) is 3.58. The molecule has 0 saturated carbocycles. The average Bonchev–Trinajstić information content (AvgIpc) is 2.01. The van der Waals surface area contributed by atoms with Crippen LogP contribution in [0.15, 0.2) is 0 Å². The maximum absolute atomic E-state index is 11.4. The van der Waals surface area contributed by atoms with E-state index in [0.29, 0.717) is 17.9 Å². The molecule has 1 heterocycles. The van der Waals surface area contributed by atoms with E-state index in [9.17, 15) is 14.7 Å². The second kappa shape index (κ2) is 4.79. The number of aliphatic hydroxyl groups is 1. The fourth-order valence-corrected chi connectivity index (χ4v) is 2.32. The van der Waals surface area contributed by atoms with Gasteiger partial charge in [-0.2, -0.15) is 0 Å². The molecule has 0 radical (unpaired) electrons. The third kappa shape index (κ3) is 2.72. The van der Waals surface area contributed by atoms with Crippen LogP contribution < -0.4 is 0 Å². The van der Waals surface area contributed by atoms with E-state index in [-0.39, 0.29) is 17.9 Å². The van der Waals surface area contributed by atoms with Crippen LogP contribution in [0.25, 0.3) is 0 Å². The van der Waals surface area contributed by atoms with Gasteiger partial charge in [-0.15, -0.1) is 11.8 Å². The molecule has 1 rings (SSSR count). The summed E-state index contributed by atoms with van der Waals surface area (Å²) in [5.41, 5.74) is 0. The van der Waals surface area contributed by atoms with Crippen LogP contribution in [0.2, 0.25) is 0 Å². The number of carbonyl (C=O) groups excluding carboxylic acids is 2. The first-order valence-corrected chi connectivity index (χ1v) is 5.78. The van der Waals surface area contributed by atoms with Crippen LogP contribution in [0.1, 0.15) is 20.3 Å². The van der Waals surface area contributed by atoms with Crippen LogP contribution in [0.4, 0.5) is 0 Å². The first-order chi connectivity index (χ1) is 6.52. The van der Waals surface area contributed by atoms with Gasteiger partial charge in [0.25, 0.3) is 0 Å². The van der Waals surface area contributed by atoms with Crippen molar-refractivity contribution in [2.24, 2.45) is 0 Å². The smallest absolute Gasteiger partial charge is 0.239 e. The molecule has 80 valence electrons. The summed E-state index contributed by atoms with van der Waals surface area (Å²) in [5, 5.41) is 9.17. The summed E-state index contributed by atoms with van der Waals surface area (Å²) < 4.78 is 0. The van der Waals surface area contributed by atoms with Crippen LogP contribution >= 0.6 is 11.8 Å². The van der Waals surface area contributed by atoms with Gasteiger partial charge in [0.2, 0.25) is 11.8 Å². The number of aliphatic hydroxyl groups excluding tert-OH is 1. The quantitative estimate of drug-likeness (QED) is 0.688. The van der Waals surface area contributed by atoms with Crippen LogP contribution in [-0.2, 0) is 9.59 Å². The van der Waals surface area contributed by atoms with Gasteiger partial charge in [-0.25, -0.2) is 0 Å². The summed E-state index contributed by atoms with van der Waals surface area (Å²) >= 11 is 1.35. The maximum atomic E-state index is 11.4. The lowest BCUT2D eigenvalue weighted by Crippen LogP contribution is -2.48. The molecule has 0 spiro atoms. The zero-order valence-corrected chi connectivity index (χ0v) is 9.21. The number of imide groups is 1. The lowest BCUT2D eigenvalue weighted by atomic mass is 10.1. The van der Waals surface area contributed by atoms with Gasteiger partial charge >= 0.3 is 0 Å². The van der Waals surface area contributed by atoms with Crippen molar-refractivity contribution >= 4 is 23.6 Å². The molecule has 4 nitrogen and oxygen atoms in total. The van der Waals surface area contributed by atoms with E-state index in [1.54, 1.807) is 13.8 Å². The van der Waals surface area contributed by atoms with E-state index in [1.807, 2.05) is 0 Å². The highest BCUT2D eigenvalue weighted by Crippen LogP contribution is 2.17. The molecule has 1 saturated heterocycles.